The first-order chi connectivity index (χ1) is 18.7. The summed E-state index contributed by atoms with van der Waals surface area (Å²) >= 11 is 0. The molecule has 0 aliphatic carbocycles. The minimum atomic E-state index is 0. The first kappa shape index (κ1) is 28.2. The van der Waals surface area contributed by atoms with Crippen LogP contribution < -0.4 is 9.64 Å². The summed E-state index contributed by atoms with van der Waals surface area (Å²) in [5, 5.41) is 1.23. The molecule has 210 valence electrons. The molecule has 0 radical (unpaired) electrons. The molecule has 5 heterocycles. The van der Waals surface area contributed by atoms with Crippen molar-refractivity contribution >= 4 is 47.3 Å². The van der Waals surface area contributed by atoms with E-state index in [-0.39, 0.29) is 30.7 Å². The first-order valence-electron chi connectivity index (χ1n) is 13.6. The fourth-order valence-electron chi connectivity index (χ4n) is 5.84. The van der Waals surface area contributed by atoms with Crippen LogP contribution in [0.15, 0.2) is 54.9 Å². The molecule has 2 aromatic heterocycles. The number of hydrogen-bond donors (Lipinski definition) is 0. The second-order valence-electron chi connectivity index (χ2n) is 10.5. The zero-order chi connectivity index (χ0) is 25.6. The molecule has 2 fully saturated rings. The lowest BCUT2D eigenvalue weighted by Crippen LogP contribution is -2.47. The van der Waals surface area contributed by atoms with Gasteiger partial charge in [0.15, 0.2) is 5.69 Å². The van der Waals surface area contributed by atoms with Gasteiger partial charge < -0.3 is 14.5 Å². The number of aromatic nitrogens is 3. The van der Waals surface area contributed by atoms with E-state index in [0.29, 0.717) is 12.3 Å². The number of amides is 1. The second kappa shape index (κ2) is 11.6. The molecule has 0 spiro atoms. The summed E-state index contributed by atoms with van der Waals surface area (Å²) in [6.07, 6.45) is 3.76. The van der Waals surface area contributed by atoms with E-state index in [0.717, 1.165) is 87.0 Å². The van der Waals surface area contributed by atoms with Crippen LogP contribution in [0.2, 0.25) is 0 Å². The Morgan fingerprint density at radius 3 is 2.48 bits per heavy atom. The summed E-state index contributed by atoms with van der Waals surface area (Å²) in [6.45, 7) is 9.10. The van der Waals surface area contributed by atoms with E-state index in [1.54, 1.807) is 6.33 Å². The third-order valence-corrected chi connectivity index (χ3v) is 8.16. The Hall–Kier alpha value is -3.33. The van der Waals surface area contributed by atoms with E-state index in [2.05, 4.69) is 63.3 Å². The molecule has 2 aromatic carbocycles. The van der Waals surface area contributed by atoms with E-state index in [4.69, 9.17) is 9.72 Å². The number of fused-ring (bicyclic) bond motifs is 4. The molecule has 4 aromatic rings. The summed E-state index contributed by atoms with van der Waals surface area (Å²) in [5.41, 5.74) is 6.95. The van der Waals surface area contributed by atoms with Crippen molar-refractivity contribution in [2.75, 3.05) is 50.7 Å². The fourth-order valence-corrected chi connectivity index (χ4v) is 5.84. The van der Waals surface area contributed by atoms with Gasteiger partial charge in [-0.05, 0) is 55.7 Å². The number of pyridine rings is 1. The number of ether oxygens (including phenoxy) is 1. The third-order valence-electron chi connectivity index (χ3n) is 8.16. The summed E-state index contributed by atoms with van der Waals surface area (Å²) in [7, 11) is 0. The Bertz CT molecular complexity index is 1530. The number of halogens is 2. The van der Waals surface area contributed by atoms with Crippen molar-refractivity contribution < 1.29 is 9.53 Å². The highest BCUT2D eigenvalue weighted by Gasteiger charge is 2.30. The Balaban J connectivity index is 0.00000161. The van der Waals surface area contributed by atoms with Gasteiger partial charge in [0, 0.05) is 62.6 Å². The first-order valence-corrected chi connectivity index (χ1v) is 13.6. The van der Waals surface area contributed by atoms with Crippen LogP contribution in [0.1, 0.15) is 33.9 Å². The molecule has 2 saturated heterocycles. The number of imidazole rings is 1. The molecule has 0 atom stereocenters. The van der Waals surface area contributed by atoms with E-state index < -0.39 is 0 Å². The monoisotopic (exact) mass is 580 g/mol. The molecule has 0 N–H and O–H groups in total. The van der Waals surface area contributed by atoms with Crippen LogP contribution in [0.3, 0.4) is 0 Å². The van der Waals surface area contributed by atoms with Gasteiger partial charge in [0.05, 0.1) is 16.9 Å². The van der Waals surface area contributed by atoms with Gasteiger partial charge >= 0.3 is 0 Å². The highest BCUT2D eigenvalue weighted by Crippen LogP contribution is 2.35. The summed E-state index contributed by atoms with van der Waals surface area (Å²) in [5.74, 6) is 0.930. The predicted molar refractivity (Wildman–Crippen MR) is 162 cm³/mol. The topological polar surface area (TPSA) is 66.7 Å². The quantitative estimate of drug-likeness (QED) is 0.341. The number of carbonyl (C=O) groups is 1. The van der Waals surface area contributed by atoms with Crippen molar-refractivity contribution in [1.29, 1.82) is 0 Å². The lowest BCUT2D eigenvalue weighted by atomic mass is 10.1. The molecule has 0 unspecified atom stereocenters. The SMILES string of the molecule is Cc1ccc2c(N3CCN(CCc4cccc5c4OCc4c(C(=O)N6CCC6)ncn4-5)CC3)cccc2n1.Cl.Cl. The van der Waals surface area contributed by atoms with Crippen molar-refractivity contribution in [2.24, 2.45) is 0 Å². The van der Waals surface area contributed by atoms with Gasteiger partial charge in [-0.2, -0.15) is 0 Å². The van der Waals surface area contributed by atoms with Crippen molar-refractivity contribution in [2.45, 2.75) is 26.4 Å². The Morgan fingerprint density at radius 2 is 1.70 bits per heavy atom. The number of piperazine rings is 1. The van der Waals surface area contributed by atoms with Gasteiger partial charge in [0.25, 0.3) is 5.91 Å². The molecule has 3 aliphatic heterocycles. The molecular weight excluding hydrogens is 547 g/mol. The standard InChI is InChI=1S/C30H32N6O2.2ClH/c1-21-9-10-23-24(32-21)6-3-7-25(23)34-17-15-33(16-18-34)14-11-22-5-2-8-26-29(22)38-19-27-28(31-20-36(26)27)30(37)35-12-4-13-35;;/h2-3,5-10,20H,4,11-19H2,1H3;2*1H. The summed E-state index contributed by atoms with van der Waals surface area (Å²) < 4.78 is 8.30. The van der Waals surface area contributed by atoms with Crippen LogP contribution in [0, 0.1) is 6.92 Å². The Labute approximate surface area is 246 Å². The summed E-state index contributed by atoms with van der Waals surface area (Å²) in [4.78, 5) is 28.9. The number of para-hydroxylation sites is 1. The molecule has 8 nitrogen and oxygen atoms in total. The van der Waals surface area contributed by atoms with Crippen molar-refractivity contribution in [3.05, 3.63) is 77.5 Å². The average Bonchev–Trinajstić information content (AvgIpc) is 3.35. The molecule has 3 aliphatic rings. The minimum Gasteiger partial charge on any atom is -0.485 e. The highest BCUT2D eigenvalue weighted by molar-refractivity contribution is 5.94. The largest absolute Gasteiger partial charge is 0.485 e. The Kier molecular flexibility index (Phi) is 8.21. The van der Waals surface area contributed by atoms with Crippen LogP contribution >= 0.6 is 24.8 Å². The van der Waals surface area contributed by atoms with Gasteiger partial charge in [-0.1, -0.05) is 18.2 Å². The number of likely N-dealkylation sites (tertiary alicyclic amines) is 1. The van der Waals surface area contributed by atoms with Crippen LogP contribution in [0.25, 0.3) is 16.6 Å². The molecule has 0 bridgehead atoms. The van der Waals surface area contributed by atoms with E-state index in [1.807, 2.05) is 16.4 Å². The van der Waals surface area contributed by atoms with Crippen LogP contribution in [-0.2, 0) is 13.0 Å². The number of nitrogens with zero attached hydrogens (tertiary/aromatic N) is 6. The van der Waals surface area contributed by atoms with Crippen molar-refractivity contribution in [3.8, 4) is 11.4 Å². The van der Waals surface area contributed by atoms with Crippen LogP contribution in [-0.4, -0.2) is 76.1 Å². The lowest BCUT2D eigenvalue weighted by molar-refractivity contribution is 0.0642. The van der Waals surface area contributed by atoms with E-state index >= 15 is 0 Å². The zero-order valence-corrected chi connectivity index (χ0v) is 24.2. The summed E-state index contributed by atoms with van der Waals surface area (Å²) in [6, 6.07) is 17.0. The molecule has 1 amide bonds. The molecule has 0 saturated carbocycles. The number of anilines is 1. The maximum absolute atomic E-state index is 12.8. The highest BCUT2D eigenvalue weighted by atomic mass is 35.5. The van der Waals surface area contributed by atoms with Crippen molar-refractivity contribution in [1.82, 2.24) is 24.3 Å². The van der Waals surface area contributed by atoms with E-state index in [9.17, 15) is 4.79 Å². The molecule has 10 heteroatoms. The van der Waals surface area contributed by atoms with Gasteiger partial charge in [-0.3, -0.25) is 19.2 Å². The average molecular weight is 582 g/mol. The van der Waals surface area contributed by atoms with Crippen LogP contribution in [0.5, 0.6) is 5.75 Å². The second-order valence-corrected chi connectivity index (χ2v) is 10.5. The smallest absolute Gasteiger partial charge is 0.274 e. The molecule has 7 rings (SSSR count). The predicted octanol–water partition coefficient (Wildman–Crippen LogP) is 4.68. The third kappa shape index (κ3) is 5.00. The van der Waals surface area contributed by atoms with Gasteiger partial charge in [0.1, 0.15) is 18.7 Å². The van der Waals surface area contributed by atoms with E-state index in [1.165, 1.54) is 16.6 Å². The maximum Gasteiger partial charge on any atom is 0.274 e. The normalized spacial score (nSPS) is 16.2. The number of carbonyl (C=O) groups excluding carboxylic acids is 1. The lowest BCUT2D eigenvalue weighted by Gasteiger charge is -2.36. The Morgan fingerprint density at radius 1 is 0.925 bits per heavy atom. The molecular formula is C30H34Cl2N6O2. The maximum atomic E-state index is 12.8. The number of aryl methyl sites for hydroxylation is 1. The molecule has 40 heavy (non-hydrogen) atoms. The van der Waals surface area contributed by atoms with Crippen molar-refractivity contribution in [3.63, 3.8) is 0 Å². The van der Waals surface area contributed by atoms with Gasteiger partial charge in [-0.15, -0.1) is 24.8 Å². The number of rotatable bonds is 5. The zero-order valence-electron chi connectivity index (χ0n) is 22.6. The van der Waals surface area contributed by atoms with Gasteiger partial charge in [0.2, 0.25) is 0 Å². The minimum absolute atomic E-state index is 0. The fraction of sp³-hybridized carbons (Fsp3) is 0.367. The van der Waals surface area contributed by atoms with Crippen LogP contribution in [0.4, 0.5) is 5.69 Å². The number of benzene rings is 2. The van der Waals surface area contributed by atoms with Gasteiger partial charge in [-0.25, -0.2) is 4.98 Å². The number of hydrogen-bond acceptors (Lipinski definition) is 6.